The third-order valence-electron chi connectivity index (χ3n) is 2.01. The fourth-order valence-electron chi connectivity index (χ4n) is 1.24. The van der Waals surface area contributed by atoms with Gasteiger partial charge in [-0.1, -0.05) is 0 Å². The maximum atomic E-state index is 5.43. The fourth-order valence-corrected chi connectivity index (χ4v) is 2.73. The van der Waals surface area contributed by atoms with E-state index < -0.39 is 6.60 Å². The zero-order valence-electron chi connectivity index (χ0n) is 9.27. The molecule has 0 amide bonds. The van der Waals surface area contributed by atoms with Crippen LogP contribution in [0.2, 0.25) is 0 Å². The van der Waals surface area contributed by atoms with E-state index in [1.54, 1.807) is 0 Å². The van der Waals surface area contributed by atoms with Crippen LogP contribution in [0.4, 0.5) is 0 Å². The summed E-state index contributed by atoms with van der Waals surface area (Å²) in [7, 11) is 0. The van der Waals surface area contributed by atoms with E-state index in [1.165, 1.54) is 31.8 Å². The van der Waals surface area contributed by atoms with Gasteiger partial charge in [0.2, 0.25) is 0 Å². The minimum atomic E-state index is -1.20. The molecule has 0 aromatic heterocycles. The van der Waals surface area contributed by atoms with Crippen LogP contribution >= 0.6 is 6.60 Å². The predicted molar refractivity (Wildman–Crippen MR) is 63.0 cm³/mol. The van der Waals surface area contributed by atoms with Crippen LogP contribution in [-0.4, -0.2) is 39.4 Å². The normalized spacial score (nSPS) is 15.6. The zero-order valence-corrected chi connectivity index (χ0v) is 10.2. The number of hydrogen-bond acceptors (Lipinski definition) is 1. The number of rotatable bonds is 6. The first-order valence-electron chi connectivity index (χ1n) is 5.01. The molecule has 0 saturated heterocycles. The first-order valence-corrected chi connectivity index (χ1v) is 9.22. The molecule has 0 radical (unpaired) electrons. The Hall–Kier alpha value is 0.390. The van der Waals surface area contributed by atoms with Crippen molar-refractivity contribution in [3.8, 4) is 0 Å². The zero-order chi connectivity index (χ0) is 9.69. The average Bonchev–Trinajstić information content (AvgIpc) is 1.83. The van der Waals surface area contributed by atoms with Gasteiger partial charge in [0.25, 0.3) is 0 Å². The molecule has 76 valence electrons. The van der Waals surface area contributed by atoms with Crippen LogP contribution in [0.15, 0.2) is 0 Å². The summed E-state index contributed by atoms with van der Waals surface area (Å²) in [6.45, 7) is 9.47. The van der Waals surface area contributed by atoms with Gasteiger partial charge in [-0.15, -0.1) is 0 Å². The van der Waals surface area contributed by atoms with Gasteiger partial charge >= 0.3 is 77.4 Å². The van der Waals surface area contributed by atoms with Crippen LogP contribution in [0.25, 0.3) is 0 Å². The van der Waals surface area contributed by atoms with Crippen LogP contribution < -0.4 is 5.73 Å². The van der Waals surface area contributed by atoms with Crippen molar-refractivity contribution < 1.29 is 0 Å². The van der Waals surface area contributed by atoms with Gasteiger partial charge in [0.05, 0.1) is 0 Å². The Morgan fingerprint density at radius 3 is 1.75 bits per heavy atom. The molecule has 0 aliphatic heterocycles. The van der Waals surface area contributed by atoms with E-state index in [0.717, 1.165) is 6.54 Å². The molecule has 0 bridgehead atoms. The van der Waals surface area contributed by atoms with E-state index in [9.17, 15) is 0 Å². The third-order valence-corrected chi connectivity index (χ3v) is 4.11. The van der Waals surface area contributed by atoms with Crippen molar-refractivity contribution in [1.82, 2.24) is 0 Å². The van der Waals surface area contributed by atoms with Crippen LogP contribution in [0.5, 0.6) is 0 Å². The molecular formula is C10H26NP. The molecule has 0 saturated carbocycles. The molecule has 0 aliphatic rings. The van der Waals surface area contributed by atoms with Gasteiger partial charge in [0.1, 0.15) is 0 Å². The van der Waals surface area contributed by atoms with Crippen molar-refractivity contribution in [3.05, 3.63) is 0 Å². The van der Waals surface area contributed by atoms with Gasteiger partial charge in [-0.25, -0.2) is 0 Å². The van der Waals surface area contributed by atoms with Crippen LogP contribution in [0.1, 0.15) is 25.7 Å². The first-order chi connectivity index (χ1) is 5.31. The summed E-state index contributed by atoms with van der Waals surface area (Å²) in [5.74, 6) is 0. The molecule has 2 heteroatoms. The standard InChI is InChI=1S/C10H26NP/c1-12(2,3,4)10-8-6-5-7-9-11/h5-11H2,1-4H3. The van der Waals surface area contributed by atoms with Gasteiger partial charge in [0, 0.05) is 0 Å². The molecule has 0 aromatic carbocycles. The minimum absolute atomic E-state index is 0.861. The first kappa shape index (κ1) is 12.4. The molecule has 1 nitrogen and oxygen atoms in total. The second kappa shape index (κ2) is 4.58. The van der Waals surface area contributed by atoms with Crippen LogP contribution in [0, 0.1) is 0 Å². The Bertz CT molecular complexity index is 114. The van der Waals surface area contributed by atoms with Gasteiger partial charge in [-0.2, -0.15) is 0 Å². The Kier molecular flexibility index (Phi) is 4.73. The summed E-state index contributed by atoms with van der Waals surface area (Å²) in [4.78, 5) is 0. The Morgan fingerprint density at radius 2 is 1.33 bits per heavy atom. The third kappa shape index (κ3) is 10.4. The molecule has 0 fully saturated rings. The number of unbranched alkanes of at least 4 members (excludes halogenated alkanes) is 3. The summed E-state index contributed by atoms with van der Waals surface area (Å²) in [5, 5.41) is 0. The SMILES string of the molecule is CP(C)(C)(C)CCCCCCN. The van der Waals surface area contributed by atoms with Crippen molar-refractivity contribution in [3.63, 3.8) is 0 Å². The Labute approximate surface area is 78.0 Å². The molecular weight excluding hydrogens is 165 g/mol. The monoisotopic (exact) mass is 191 g/mol. The summed E-state index contributed by atoms with van der Waals surface area (Å²) in [5.41, 5.74) is 5.43. The van der Waals surface area contributed by atoms with E-state index in [2.05, 4.69) is 26.7 Å². The van der Waals surface area contributed by atoms with Crippen molar-refractivity contribution in [2.45, 2.75) is 25.7 Å². The van der Waals surface area contributed by atoms with Crippen molar-refractivity contribution in [1.29, 1.82) is 0 Å². The molecule has 2 N–H and O–H groups in total. The fraction of sp³-hybridized carbons (Fsp3) is 1.00. The van der Waals surface area contributed by atoms with Crippen molar-refractivity contribution >= 4 is 6.60 Å². The molecule has 0 unspecified atom stereocenters. The summed E-state index contributed by atoms with van der Waals surface area (Å²) in [6, 6.07) is 0. The van der Waals surface area contributed by atoms with E-state index in [1.807, 2.05) is 0 Å². The van der Waals surface area contributed by atoms with E-state index >= 15 is 0 Å². The predicted octanol–water partition coefficient (Wildman–Crippen LogP) is 2.58. The van der Waals surface area contributed by atoms with E-state index in [4.69, 9.17) is 5.73 Å². The van der Waals surface area contributed by atoms with Crippen molar-refractivity contribution in [2.24, 2.45) is 5.73 Å². The molecule has 0 aliphatic carbocycles. The van der Waals surface area contributed by atoms with Gasteiger partial charge in [0.15, 0.2) is 0 Å². The summed E-state index contributed by atoms with van der Waals surface area (Å²) in [6.07, 6.45) is 6.74. The second-order valence-corrected chi connectivity index (χ2v) is 14.2. The average molecular weight is 191 g/mol. The van der Waals surface area contributed by atoms with Gasteiger partial charge in [-0.3, -0.25) is 0 Å². The molecule has 0 atom stereocenters. The summed E-state index contributed by atoms with van der Waals surface area (Å²) < 4.78 is 0. The second-order valence-electron chi connectivity index (χ2n) is 5.87. The molecule has 0 spiro atoms. The van der Waals surface area contributed by atoms with E-state index in [0.29, 0.717) is 0 Å². The summed E-state index contributed by atoms with van der Waals surface area (Å²) >= 11 is 0. The topological polar surface area (TPSA) is 26.0 Å². The number of nitrogens with two attached hydrogens (primary N) is 1. The van der Waals surface area contributed by atoms with Gasteiger partial charge in [-0.05, 0) is 0 Å². The Morgan fingerprint density at radius 1 is 0.833 bits per heavy atom. The molecule has 0 heterocycles. The molecule has 0 rings (SSSR count). The number of hydrogen-bond donors (Lipinski definition) is 1. The van der Waals surface area contributed by atoms with Crippen LogP contribution in [-0.2, 0) is 0 Å². The molecule has 12 heavy (non-hydrogen) atoms. The van der Waals surface area contributed by atoms with Crippen LogP contribution in [0.3, 0.4) is 0 Å². The van der Waals surface area contributed by atoms with Crippen molar-refractivity contribution in [2.75, 3.05) is 39.4 Å². The van der Waals surface area contributed by atoms with E-state index in [-0.39, 0.29) is 0 Å². The quantitative estimate of drug-likeness (QED) is 0.507. The Balaban J connectivity index is 3.32. The van der Waals surface area contributed by atoms with Gasteiger partial charge < -0.3 is 0 Å². The molecule has 0 aromatic rings. The maximum absolute atomic E-state index is 5.43.